The second kappa shape index (κ2) is 4.42. The molecule has 4 heteroatoms. The normalized spacial score (nSPS) is 18.4. The third-order valence-electron chi connectivity index (χ3n) is 3.34. The highest BCUT2D eigenvalue weighted by atomic mass is 32.2. The predicted octanol–water partition coefficient (Wildman–Crippen LogP) is 2.28. The largest absolute Gasteiger partial charge is 0.324 e. The van der Waals surface area contributed by atoms with Crippen molar-refractivity contribution in [3.63, 3.8) is 0 Å². The molecule has 0 unspecified atom stereocenters. The molecule has 0 amide bonds. The highest BCUT2D eigenvalue weighted by Gasteiger charge is 2.29. The van der Waals surface area contributed by atoms with Gasteiger partial charge in [-0.25, -0.2) is 8.42 Å². The van der Waals surface area contributed by atoms with Crippen molar-refractivity contribution in [2.24, 2.45) is 11.7 Å². The molecule has 1 atom stereocenters. The topological polar surface area (TPSA) is 60.2 Å². The summed E-state index contributed by atoms with van der Waals surface area (Å²) in [5.74, 6) is 0.586. The Morgan fingerprint density at radius 1 is 1.18 bits per heavy atom. The van der Waals surface area contributed by atoms with Crippen LogP contribution in [0.5, 0.6) is 0 Å². The average molecular weight is 253 g/mol. The Bertz CT molecular complexity index is 487. The van der Waals surface area contributed by atoms with Crippen molar-refractivity contribution in [1.29, 1.82) is 0 Å². The van der Waals surface area contributed by atoms with Crippen LogP contribution in [0.25, 0.3) is 0 Å². The first kappa shape index (κ1) is 12.6. The summed E-state index contributed by atoms with van der Waals surface area (Å²) in [6.07, 6.45) is 2.38. The molecule has 1 aliphatic rings. The van der Waals surface area contributed by atoms with Gasteiger partial charge in [-0.05, 0) is 50.3 Å². The first-order valence-electron chi connectivity index (χ1n) is 6.02. The maximum atomic E-state index is 11.9. The van der Waals surface area contributed by atoms with E-state index in [9.17, 15) is 8.42 Å². The molecular formula is C13H19NO2S. The van der Waals surface area contributed by atoms with E-state index in [4.69, 9.17) is 5.73 Å². The summed E-state index contributed by atoms with van der Waals surface area (Å²) < 4.78 is 23.9. The van der Waals surface area contributed by atoms with Crippen LogP contribution in [-0.4, -0.2) is 13.7 Å². The minimum atomic E-state index is -3.16. The van der Waals surface area contributed by atoms with E-state index < -0.39 is 9.84 Å². The minimum Gasteiger partial charge on any atom is -0.324 e. The molecule has 2 N–H and O–H groups in total. The Morgan fingerprint density at radius 3 is 2.12 bits per heavy atom. The molecule has 0 radical (unpaired) electrons. The fourth-order valence-electron chi connectivity index (χ4n) is 1.88. The number of nitrogens with two attached hydrogens (primary N) is 1. The molecule has 0 heterocycles. The van der Waals surface area contributed by atoms with Crippen molar-refractivity contribution in [2.45, 2.75) is 42.9 Å². The van der Waals surface area contributed by atoms with Gasteiger partial charge in [0.25, 0.3) is 0 Å². The Hall–Kier alpha value is -0.870. The minimum absolute atomic E-state index is 0.0609. The van der Waals surface area contributed by atoms with E-state index in [0.29, 0.717) is 10.8 Å². The van der Waals surface area contributed by atoms with E-state index in [2.05, 4.69) is 0 Å². The molecule has 17 heavy (non-hydrogen) atoms. The third kappa shape index (κ3) is 2.53. The van der Waals surface area contributed by atoms with Crippen molar-refractivity contribution in [3.8, 4) is 0 Å². The van der Waals surface area contributed by atoms with Gasteiger partial charge in [-0.2, -0.15) is 0 Å². The van der Waals surface area contributed by atoms with Crippen LogP contribution >= 0.6 is 0 Å². The predicted molar refractivity (Wildman–Crippen MR) is 68.4 cm³/mol. The van der Waals surface area contributed by atoms with Gasteiger partial charge >= 0.3 is 0 Å². The molecule has 2 rings (SSSR count). The smallest absolute Gasteiger partial charge is 0.180 e. The van der Waals surface area contributed by atoms with Gasteiger partial charge in [0, 0.05) is 6.04 Å². The zero-order valence-corrected chi connectivity index (χ0v) is 11.1. The molecule has 3 nitrogen and oxygen atoms in total. The zero-order valence-electron chi connectivity index (χ0n) is 10.3. The second-order valence-electron chi connectivity index (χ2n) is 5.03. The van der Waals surface area contributed by atoms with E-state index in [1.165, 1.54) is 12.8 Å². The SMILES string of the molecule is CC(C)S(=O)(=O)c1ccc([C@@H](N)C2CC2)cc1. The van der Waals surface area contributed by atoms with Crippen molar-refractivity contribution in [3.05, 3.63) is 29.8 Å². The summed E-state index contributed by atoms with van der Waals surface area (Å²) in [4.78, 5) is 0.388. The monoisotopic (exact) mass is 253 g/mol. The van der Waals surface area contributed by atoms with E-state index in [1.807, 2.05) is 12.1 Å². The first-order valence-corrected chi connectivity index (χ1v) is 7.57. The summed E-state index contributed by atoms with van der Waals surface area (Å²) in [5, 5.41) is -0.384. The van der Waals surface area contributed by atoms with Crippen molar-refractivity contribution in [2.75, 3.05) is 0 Å². The molecule has 1 aromatic carbocycles. The quantitative estimate of drug-likeness (QED) is 0.895. The molecular weight excluding hydrogens is 234 g/mol. The summed E-state index contributed by atoms with van der Waals surface area (Å²) >= 11 is 0. The maximum absolute atomic E-state index is 11.9. The molecule has 0 saturated heterocycles. The number of rotatable bonds is 4. The molecule has 0 spiro atoms. The molecule has 94 valence electrons. The Kier molecular flexibility index (Phi) is 3.27. The number of hydrogen-bond acceptors (Lipinski definition) is 3. The Balaban J connectivity index is 2.23. The molecule has 1 aliphatic carbocycles. The van der Waals surface area contributed by atoms with Crippen LogP contribution in [0.1, 0.15) is 38.3 Å². The molecule has 0 aliphatic heterocycles. The van der Waals surface area contributed by atoms with Crippen LogP contribution in [0.2, 0.25) is 0 Å². The van der Waals surface area contributed by atoms with Crippen LogP contribution in [0, 0.1) is 5.92 Å². The molecule has 1 fully saturated rings. The van der Waals surface area contributed by atoms with Crippen LogP contribution in [0.4, 0.5) is 0 Å². The lowest BCUT2D eigenvalue weighted by molar-refractivity contribution is 0.587. The lowest BCUT2D eigenvalue weighted by Gasteiger charge is -2.12. The molecule has 0 bridgehead atoms. The number of benzene rings is 1. The lowest BCUT2D eigenvalue weighted by Crippen LogP contribution is -2.15. The van der Waals surface area contributed by atoms with Crippen molar-refractivity contribution >= 4 is 9.84 Å². The van der Waals surface area contributed by atoms with Gasteiger partial charge in [0.2, 0.25) is 0 Å². The summed E-state index contributed by atoms with van der Waals surface area (Å²) in [6.45, 7) is 3.39. The number of hydrogen-bond donors (Lipinski definition) is 1. The van der Waals surface area contributed by atoms with E-state index in [1.54, 1.807) is 26.0 Å². The van der Waals surface area contributed by atoms with Crippen molar-refractivity contribution in [1.82, 2.24) is 0 Å². The fourth-order valence-corrected chi connectivity index (χ4v) is 2.94. The summed E-state index contributed by atoms with van der Waals surface area (Å²) in [7, 11) is -3.16. The maximum Gasteiger partial charge on any atom is 0.180 e. The molecule has 1 saturated carbocycles. The van der Waals surface area contributed by atoms with Gasteiger partial charge < -0.3 is 5.73 Å². The zero-order chi connectivity index (χ0) is 12.6. The van der Waals surface area contributed by atoms with E-state index in [0.717, 1.165) is 5.56 Å². The molecule has 0 aromatic heterocycles. The van der Waals surface area contributed by atoms with Crippen LogP contribution < -0.4 is 5.73 Å². The van der Waals surface area contributed by atoms with Gasteiger partial charge in [-0.1, -0.05) is 12.1 Å². The fraction of sp³-hybridized carbons (Fsp3) is 0.538. The van der Waals surface area contributed by atoms with Gasteiger partial charge in [-0.3, -0.25) is 0 Å². The highest BCUT2D eigenvalue weighted by Crippen LogP contribution is 2.39. The number of sulfone groups is 1. The molecule has 1 aromatic rings. The average Bonchev–Trinajstić information content (AvgIpc) is 3.12. The van der Waals surface area contributed by atoms with Crippen LogP contribution in [0.3, 0.4) is 0 Å². The Labute approximate surface area is 103 Å². The van der Waals surface area contributed by atoms with E-state index in [-0.39, 0.29) is 11.3 Å². The van der Waals surface area contributed by atoms with Crippen LogP contribution in [0.15, 0.2) is 29.2 Å². The van der Waals surface area contributed by atoms with Gasteiger partial charge in [-0.15, -0.1) is 0 Å². The van der Waals surface area contributed by atoms with E-state index >= 15 is 0 Å². The van der Waals surface area contributed by atoms with Crippen molar-refractivity contribution < 1.29 is 8.42 Å². The Morgan fingerprint density at radius 2 is 1.71 bits per heavy atom. The second-order valence-corrected chi connectivity index (χ2v) is 7.53. The van der Waals surface area contributed by atoms with Gasteiger partial charge in [0.1, 0.15) is 0 Å². The standard InChI is InChI=1S/C13H19NO2S/c1-9(2)17(15,16)12-7-5-11(6-8-12)13(14)10-3-4-10/h5-10,13H,3-4,14H2,1-2H3/t13-/m0/s1. The lowest BCUT2D eigenvalue weighted by atomic mass is 10.0. The highest BCUT2D eigenvalue weighted by molar-refractivity contribution is 7.92. The summed E-state index contributed by atoms with van der Waals surface area (Å²) in [6, 6.07) is 7.10. The van der Waals surface area contributed by atoms with Gasteiger partial charge in [0.15, 0.2) is 9.84 Å². The first-order chi connectivity index (χ1) is 7.93. The van der Waals surface area contributed by atoms with Gasteiger partial charge in [0.05, 0.1) is 10.1 Å². The third-order valence-corrected chi connectivity index (χ3v) is 5.51. The summed E-state index contributed by atoms with van der Waals surface area (Å²) in [5.41, 5.74) is 7.11. The van der Waals surface area contributed by atoms with Crippen LogP contribution in [-0.2, 0) is 9.84 Å².